The van der Waals surface area contributed by atoms with E-state index >= 15 is 0 Å². The minimum absolute atomic E-state index is 0.876. The summed E-state index contributed by atoms with van der Waals surface area (Å²) in [7, 11) is 0. The molecular formula is C19H19N3. The zero-order valence-corrected chi connectivity index (χ0v) is 12.7. The van der Waals surface area contributed by atoms with Gasteiger partial charge in [0.25, 0.3) is 0 Å². The van der Waals surface area contributed by atoms with Crippen LogP contribution in [0.4, 0.5) is 0 Å². The van der Waals surface area contributed by atoms with Crippen LogP contribution in [-0.2, 0) is 6.54 Å². The summed E-state index contributed by atoms with van der Waals surface area (Å²) >= 11 is 0. The number of aryl methyl sites for hydroxylation is 1. The van der Waals surface area contributed by atoms with Gasteiger partial charge in [-0.25, -0.2) is 0 Å². The van der Waals surface area contributed by atoms with Gasteiger partial charge in [0.1, 0.15) is 5.84 Å². The van der Waals surface area contributed by atoms with Crippen molar-refractivity contribution in [3.63, 3.8) is 0 Å². The maximum Gasteiger partial charge on any atom is 0.133 e. The molecule has 0 unspecified atom stereocenters. The molecule has 1 aliphatic heterocycles. The third kappa shape index (κ3) is 2.29. The first-order valence-corrected chi connectivity index (χ1v) is 7.73. The quantitative estimate of drug-likeness (QED) is 0.782. The average Bonchev–Trinajstić information content (AvgIpc) is 3.16. The second-order valence-corrected chi connectivity index (χ2v) is 5.86. The van der Waals surface area contributed by atoms with E-state index in [1.807, 2.05) is 0 Å². The van der Waals surface area contributed by atoms with Gasteiger partial charge in [0.2, 0.25) is 0 Å². The molecule has 22 heavy (non-hydrogen) atoms. The normalized spacial score (nSPS) is 14.6. The van der Waals surface area contributed by atoms with Crippen LogP contribution in [0.1, 0.15) is 16.7 Å². The Bertz CT molecular complexity index is 827. The molecule has 0 bridgehead atoms. The van der Waals surface area contributed by atoms with E-state index in [-0.39, 0.29) is 0 Å². The SMILES string of the molecule is Cc1ccc(CN2CCN=C2c2c[nH]c3ccccc23)cc1. The summed E-state index contributed by atoms with van der Waals surface area (Å²) in [6.45, 7) is 4.90. The second-order valence-electron chi connectivity index (χ2n) is 5.86. The van der Waals surface area contributed by atoms with Gasteiger partial charge in [0, 0.05) is 35.8 Å². The molecule has 1 N–H and O–H groups in total. The molecule has 3 heteroatoms. The number of fused-ring (bicyclic) bond motifs is 1. The maximum atomic E-state index is 4.75. The minimum Gasteiger partial charge on any atom is -0.360 e. The summed E-state index contributed by atoms with van der Waals surface area (Å²) in [5.74, 6) is 1.11. The largest absolute Gasteiger partial charge is 0.360 e. The van der Waals surface area contributed by atoms with E-state index in [1.165, 1.54) is 27.6 Å². The van der Waals surface area contributed by atoms with Gasteiger partial charge in [0.15, 0.2) is 0 Å². The number of nitrogens with one attached hydrogen (secondary N) is 1. The Kier molecular flexibility index (Phi) is 3.19. The highest BCUT2D eigenvalue weighted by atomic mass is 15.2. The van der Waals surface area contributed by atoms with Crippen LogP contribution in [-0.4, -0.2) is 28.8 Å². The van der Waals surface area contributed by atoms with Gasteiger partial charge in [-0.2, -0.15) is 0 Å². The van der Waals surface area contributed by atoms with Crippen LogP contribution in [0.15, 0.2) is 59.7 Å². The summed E-state index contributed by atoms with van der Waals surface area (Å²) < 4.78 is 0. The van der Waals surface area contributed by atoms with E-state index in [4.69, 9.17) is 4.99 Å². The highest BCUT2D eigenvalue weighted by molar-refractivity contribution is 6.10. The number of hydrogen-bond acceptors (Lipinski definition) is 2. The van der Waals surface area contributed by atoms with Gasteiger partial charge < -0.3 is 9.88 Å². The first-order chi connectivity index (χ1) is 10.8. The number of hydrogen-bond donors (Lipinski definition) is 1. The number of amidine groups is 1. The summed E-state index contributed by atoms with van der Waals surface area (Å²) in [6.07, 6.45) is 2.08. The molecule has 1 aromatic heterocycles. The highest BCUT2D eigenvalue weighted by Crippen LogP contribution is 2.23. The number of benzene rings is 2. The van der Waals surface area contributed by atoms with Gasteiger partial charge in [-0.05, 0) is 18.6 Å². The molecule has 4 rings (SSSR count). The Morgan fingerprint density at radius 1 is 1.09 bits per heavy atom. The molecule has 0 fully saturated rings. The third-order valence-corrected chi connectivity index (χ3v) is 4.26. The van der Waals surface area contributed by atoms with Gasteiger partial charge in [-0.15, -0.1) is 0 Å². The molecule has 0 aliphatic carbocycles. The number of aliphatic imine (C=N–C) groups is 1. The van der Waals surface area contributed by atoms with Gasteiger partial charge in [-0.1, -0.05) is 48.0 Å². The van der Waals surface area contributed by atoms with Gasteiger partial charge in [0.05, 0.1) is 6.54 Å². The van der Waals surface area contributed by atoms with Crippen LogP contribution in [0, 0.1) is 6.92 Å². The predicted octanol–water partition coefficient (Wildman–Crippen LogP) is 3.74. The zero-order chi connectivity index (χ0) is 14.9. The first kappa shape index (κ1) is 13.1. The van der Waals surface area contributed by atoms with Crippen molar-refractivity contribution in [2.24, 2.45) is 4.99 Å². The van der Waals surface area contributed by atoms with E-state index in [0.717, 1.165) is 25.5 Å². The topological polar surface area (TPSA) is 31.4 Å². The molecule has 3 nitrogen and oxygen atoms in total. The lowest BCUT2D eigenvalue weighted by Gasteiger charge is -2.20. The zero-order valence-electron chi connectivity index (χ0n) is 12.7. The standard InChI is InChI=1S/C19H19N3/c1-14-6-8-15(9-7-14)13-22-11-10-20-19(22)17-12-21-18-5-3-2-4-16(17)18/h2-9,12,21H,10-11,13H2,1H3. The summed E-state index contributed by atoms with van der Waals surface area (Å²) in [4.78, 5) is 10.5. The third-order valence-electron chi connectivity index (χ3n) is 4.26. The smallest absolute Gasteiger partial charge is 0.133 e. The van der Waals surface area contributed by atoms with Gasteiger partial charge in [-0.3, -0.25) is 4.99 Å². The van der Waals surface area contributed by atoms with Crippen LogP contribution in [0.2, 0.25) is 0 Å². The van der Waals surface area contributed by atoms with E-state index in [9.17, 15) is 0 Å². The van der Waals surface area contributed by atoms with Gasteiger partial charge >= 0.3 is 0 Å². The number of para-hydroxylation sites is 1. The van der Waals surface area contributed by atoms with Crippen LogP contribution in [0.5, 0.6) is 0 Å². The fourth-order valence-electron chi connectivity index (χ4n) is 3.06. The monoisotopic (exact) mass is 289 g/mol. The number of rotatable bonds is 3. The van der Waals surface area contributed by atoms with Crippen molar-refractivity contribution in [1.82, 2.24) is 9.88 Å². The van der Waals surface area contributed by atoms with E-state index in [2.05, 4.69) is 71.5 Å². The molecule has 110 valence electrons. The Morgan fingerprint density at radius 2 is 1.91 bits per heavy atom. The van der Waals surface area contributed by atoms with E-state index in [1.54, 1.807) is 0 Å². The lowest BCUT2D eigenvalue weighted by atomic mass is 10.1. The first-order valence-electron chi connectivity index (χ1n) is 7.73. The van der Waals surface area contributed by atoms with Crippen molar-refractivity contribution in [2.75, 3.05) is 13.1 Å². The van der Waals surface area contributed by atoms with Crippen molar-refractivity contribution in [2.45, 2.75) is 13.5 Å². The molecule has 0 spiro atoms. The molecule has 0 radical (unpaired) electrons. The average molecular weight is 289 g/mol. The molecule has 2 aromatic carbocycles. The van der Waals surface area contributed by atoms with E-state index in [0.29, 0.717) is 0 Å². The lowest BCUT2D eigenvalue weighted by Crippen LogP contribution is -2.27. The van der Waals surface area contributed by atoms with Crippen molar-refractivity contribution in [1.29, 1.82) is 0 Å². The summed E-state index contributed by atoms with van der Waals surface area (Å²) in [5, 5.41) is 1.25. The molecule has 2 heterocycles. The molecule has 1 aliphatic rings. The molecule has 3 aromatic rings. The van der Waals surface area contributed by atoms with Crippen LogP contribution in [0.3, 0.4) is 0 Å². The van der Waals surface area contributed by atoms with Crippen molar-refractivity contribution < 1.29 is 0 Å². The minimum atomic E-state index is 0.876. The fourth-order valence-corrected chi connectivity index (χ4v) is 3.06. The maximum absolute atomic E-state index is 4.75. The second kappa shape index (κ2) is 5.34. The molecule has 0 saturated carbocycles. The Labute approximate surface area is 130 Å². The van der Waals surface area contributed by atoms with Crippen molar-refractivity contribution >= 4 is 16.7 Å². The molecule has 0 atom stereocenters. The van der Waals surface area contributed by atoms with Crippen LogP contribution >= 0.6 is 0 Å². The Balaban J connectivity index is 1.65. The molecule has 0 amide bonds. The lowest BCUT2D eigenvalue weighted by molar-refractivity contribution is 0.453. The number of aromatic nitrogens is 1. The van der Waals surface area contributed by atoms with Crippen molar-refractivity contribution in [3.8, 4) is 0 Å². The predicted molar refractivity (Wildman–Crippen MR) is 91.3 cm³/mol. The van der Waals surface area contributed by atoms with Crippen LogP contribution in [0.25, 0.3) is 10.9 Å². The number of H-pyrrole nitrogens is 1. The molecule has 0 saturated heterocycles. The number of nitrogens with zero attached hydrogens (tertiary/aromatic N) is 2. The summed E-state index contributed by atoms with van der Waals surface area (Å²) in [5.41, 5.74) is 5.01. The summed E-state index contributed by atoms with van der Waals surface area (Å²) in [6, 6.07) is 17.2. The Morgan fingerprint density at radius 3 is 2.77 bits per heavy atom. The number of aromatic amines is 1. The Hall–Kier alpha value is -2.55. The van der Waals surface area contributed by atoms with E-state index < -0.39 is 0 Å². The highest BCUT2D eigenvalue weighted by Gasteiger charge is 2.21. The molecular weight excluding hydrogens is 270 g/mol. The fraction of sp³-hybridized carbons (Fsp3) is 0.211. The van der Waals surface area contributed by atoms with Crippen LogP contribution < -0.4 is 0 Å². The van der Waals surface area contributed by atoms with Crippen molar-refractivity contribution in [3.05, 3.63) is 71.4 Å².